The maximum absolute atomic E-state index is 13.4. The molecule has 4 heteroatoms. The third-order valence-corrected chi connectivity index (χ3v) is 4.97. The Bertz CT molecular complexity index is 771. The van der Waals surface area contributed by atoms with Crippen molar-refractivity contribution in [1.29, 1.82) is 0 Å². The van der Waals surface area contributed by atoms with Gasteiger partial charge in [0.25, 0.3) is 5.91 Å². The van der Waals surface area contributed by atoms with Crippen LogP contribution in [-0.4, -0.2) is 31.4 Å². The molecule has 0 radical (unpaired) electrons. The minimum atomic E-state index is -0.966. The first-order valence-electron chi connectivity index (χ1n) is 9.16. The van der Waals surface area contributed by atoms with Crippen LogP contribution in [0.3, 0.4) is 0 Å². The zero-order chi connectivity index (χ0) is 18.8. The van der Waals surface area contributed by atoms with Gasteiger partial charge in [-0.1, -0.05) is 42.5 Å². The number of para-hydroxylation sites is 1. The number of carbonyl (C=O) groups excluding carboxylic acids is 1. The number of benzene rings is 2. The van der Waals surface area contributed by atoms with Crippen LogP contribution in [0.1, 0.15) is 37.8 Å². The summed E-state index contributed by atoms with van der Waals surface area (Å²) in [6.45, 7) is 4.98. The molecular weight excluding hydrogens is 324 g/mol. The molecule has 1 unspecified atom stereocenters. The van der Waals surface area contributed by atoms with Gasteiger partial charge in [-0.05, 0) is 70.6 Å². The molecular formula is C22H28N2O2. The van der Waals surface area contributed by atoms with E-state index in [1.54, 1.807) is 0 Å². The number of nitrogens with zero attached hydrogens (tertiary/aromatic N) is 1. The van der Waals surface area contributed by atoms with E-state index in [1.807, 2.05) is 76.5 Å². The highest BCUT2D eigenvalue weighted by Gasteiger charge is 2.53. The lowest BCUT2D eigenvalue weighted by molar-refractivity contribution is -0.162. The van der Waals surface area contributed by atoms with E-state index >= 15 is 0 Å². The van der Waals surface area contributed by atoms with Crippen molar-refractivity contribution in [2.45, 2.75) is 37.9 Å². The lowest BCUT2D eigenvalue weighted by atomic mass is 9.85. The molecule has 1 aliphatic heterocycles. The Balaban J connectivity index is 1.97. The molecule has 4 nitrogen and oxygen atoms in total. The summed E-state index contributed by atoms with van der Waals surface area (Å²) in [5.41, 5.74) is 1.40. The molecule has 1 atom stereocenters. The van der Waals surface area contributed by atoms with Crippen LogP contribution in [-0.2, 0) is 20.7 Å². The van der Waals surface area contributed by atoms with Crippen LogP contribution in [0.4, 0.5) is 5.69 Å². The first-order valence-corrected chi connectivity index (χ1v) is 9.16. The molecule has 3 rings (SSSR count). The van der Waals surface area contributed by atoms with Crippen molar-refractivity contribution >= 4 is 11.6 Å². The van der Waals surface area contributed by atoms with Crippen LogP contribution >= 0.6 is 0 Å². The van der Waals surface area contributed by atoms with Gasteiger partial charge in [-0.25, -0.2) is 0 Å². The molecule has 0 spiro atoms. The van der Waals surface area contributed by atoms with Crippen molar-refractivity contribution in [1.82, 2.24) is 4.90 Å². The summed E-state index contributed by atoms with van der Waals surface area (Å²) in [7, 11) is 4.09. The molecule has 26 heavy (non-hydrogen) atoms. The largest absolute Gasteiger partial charge is 0.350 e. The van der Waals surface area contributed by atoms with Gasteiger partial charge < -0.3 is 15.0 Å². The number of hydrogen-bond acceptors (Lipinski definition) is 3. The van der Waals surface area contributed by atoms with Crippen molar-refractivity contribution in [2.75, 3.05) is 26.0 Å². The Morgan fingerprint density at radius 1 is 1.00 bits per heavy atom. The van der Waals surface area contributed by atoms with Gasteiger partial charge in [-0.2, -0.15) is 0 Å². The summed E-state index contributed by atoms with van der Waals surface area (Å²) >= 11 is 0. The average Bonchev–Trinajstić information content (AvgIpc) is 2.84. The zero-order valence-electron chi connectivity index (χ0n) is 16.1. The first-order chi connectivity index (χ1) is 12.3. The quantitative estimate of drug-likeness (QED) is 0.850. The minimum absolute atomic E-state index is 0.0968. The summed E-state index contributed by atoms with van der Waals surface area (Å²) in [6.07, 6.45) is 1.52. The fraction of sp³-hybridized carbons (Fsp3) is 0.409. The van der Waals surface area contributed by atoms with Gasteiger partial charge in [-0.15, -0.1) is 0 Å². The normalized spacial score (nSPS) is 20.8. The maximum atomic E-state index is 13.4. The summed E-state index contributed by atoms with van der Waals surface area (Å²) in [6, 6.07) is 17.7. The predicted molar refractivity (Wildman–Crippen MR) is 105 cm³/mol. The number of carbonyl (C=O) groups is 1. The molecule has 0 saturated carbocycles. The summed E-state index contributed by atoms with van der Waals surface area (Å²) in [5, 5.41) is 3.06. The number of nitrogens with one attached hydrogen (secondary N) is 1. The van der Waals surface area contributed by atoms with Crippen molar-refractivity contribution in [3.05, 3.63) is 65.7 Å². The molecule has 1 aliphatic rings. The summed E-state index contributed by atoms with van der Waals surface area (Å²) in [5.74, 6) is -0.0968. The van der Waals surface area contributed by atoms with E-state index in [1.165, 1.54) is 0 Å². The monoisotopic (exact) mass is 352 g/mol. The summed E-state index contributed by atoms with van der Waals surface area (Å²) < 4.78 is 6.49. The van der Waals surface area contributed by atoms with E-state index in [-0.39, 0.29) is 5.91 Å². The van der Waals surface area contributed by atoms with E-state index < -0.39 is 11.2 Å². The van der Waals surface area contributed by atoms with Gasteiger partial charge in [0.05, 0.1) is 5.60 Å². The Labute approximate surface area is 156 Å². The number of ether oxygens (including phenoxy) is 1. The van der Waals surface area contributed by atoms with Crippen LogP contribution in [0.25, 0.3) is 0 Å². The van der Waals surface area contributed by atoms with Crippen LogP contribution in [0.15, 0.2) is 54.6 Å². The van der Waals surface area contributed by atoms with Gasteiger partial charge in [0.1, 0.15) is 0 Å². The Morgan fingerprint density at radius 2 is 1.62 bits per heavy atom. The standard InChI is InChI=1S/C22H28N2O2/c1-21(2)18-13-8-9-14-19(18)22(26-21,15-10-16-24(3)4)20(25)23-17-11-6-5-7-12-17/h5-9,11-14H,10,15-16H2,1-4H3,(H,23,25). The molecule has 2 aromatic carbocycles. The molecule has 0 fully saturated rings. The second kappa shape index (κ2) is 7.22. The second-order valence-electron chi connectivity index (χ2n) is 7.71. The Morgan fingerprint density at radius 3 is 2.27 bits per heavy atom. The lowest BCUT2D eigenvalue weighted by Gasteiger charge is -2.32. The van der Waals surface area contributed by atoms with Gasteiger partial charge in [0.15, 0.2) is 5.60 Å². The zero-order valence-corrected chi connectivity index (χ0v) is 16.1. The van der Waals surface area contributed by atoms with E-state index in [2.05, 4.69) is 16.3 Å². The van der Waals surface area contributed by atoms with E-state index in [0.29, 0.717) is 6.42 Å². The van der Waals surface area contributed by atoms with Gasteiger partial charge in [0.2, 0.25) is 0 Å². The highest BCUT2D eigenvalue weighted by atomic mass is 16.5. The number of fused-ring (bicyclic) bond motifs is 1. The van der Waals surface area contributed by atoms with Crippen molar-refractivity contribution in [2.24, 2.45) is 0 Å². The van der Waals surface area contributed by atoms with E-state index in [4.69, 9.17) is 4.74 Å². The SMILES string of the molecule is CN(C)CCCC1(C(=O)Nc2ccccc2)OC(C)(C)c2ccccc21. The number of rotatable bonds is 6. The van der Waals surface area contributed by atoms with Crippen LogP contribution in [0, 0.1) is 0 Å². The fourth-order valence-electron chi connectivity index (χ4n) is 3.77. The highest BCUT2D eigenvalue weighted by molar-refractivity contribution is 5.98. The summed E-state index contributed by atoms with van der Waals surface area (Å²) in [4.78, 5) is 15.5. The maximum Gasteiger partial charge on any atom is 0.261 e. The number of amides is 1. The van der Waals surface area contributed by atoms with Crippen molar-refractivity contribution < 1.29 is 9.53 Å². The Hall–Kier alpha value is -2.17. The fourth-order valence-corrected chi connectivity index (χ4v) is 3.77. The molecule has 138 valence electrons. The third-order valence-electron chi connectivity index (χ3n) is 4.97. The molecule has 0 aliphatic carbocycles. The lowest BCUT2D eigenvalue weighted by Crippen LogP contribution is -2.42. The predicted octanol–water partition coefficient (Wildman–Crippen LogP) is 4.13. The average molecular weight is 352 g/mol. The number of hydrogen-bond donors (Lipinski definition) is 1. The second-order valence-corrected chi connectivity index (χ2v) is 7.71. The minimum Gasteiger partial charge on any atom is -0.350 e. The van der Waals surface area contributed by atoms with Crippen molar-refractivity contribution in [3.8, 4) is 0 Å². The smallest absolute Gasteiger partial charge is 0.261 e. The van der Waals surface area contributed by atoms with Gasteiger partial charge in [0, 0.05) is 5.69 Å². The topological polar surface area (TPSA) is 41.6 Å². The highest BCUT2D eigenvalue weighted by Crippen LogP contribution is 2.49. The van der Waals surface area contributed by atoms with E-state index in [9.17, 15) is 4.79 Å². The molecule has 1 amide bonds. The first kappa shape index (κ1) is 18.6. The molecule has 1 N–H and O–H groups in total. The van der Waals surface area contributed by atoms with Crippen LogP contribution in [0.2, 0.25) is 0 Å². The molecule has 2 aromatic rings. The van der Waals surface area contributed by atoms with Crippen molar-refractivity contribution in [3.63, 3.8) is 0 Å². The van der Waals surface area contributed by atoms with Crippen LogP contribution < -0.4 is 5.32 Å². The van der Waals surface area contributed by atoms with Gasteiger partial charge in [-0.3, -0.25) is 4.79 Å². The molecule has 0 bridgehead atoms. The Kier molecular flexibility index (Phi) is 5.17. The molecule has 0 saturated heterocycles. The number of anilines is 1. The van der Waals surface area contributed by atoms with E-state index in [0.717, 1.165) is 29.8 Å². The third kappa shape index (κ3) is 3.53. The molecule has 1 heterocycles. The van der Waals surface area contributed by atoms with Crippen LogP contribution in [0.5, 0.6) is 0 Å². The van der Waals surface area contributed by atoms with Gasteiger partial charge >= 0.3 is 0 Å². The molecule has 0 aromatic heterocycles.